The Morgan fingerprint density at radius 1 is 1.00 bits per heavy atom. The zero-order valence-corrected chi connectivity index (χ0v) is 11.2. The molecular weight excluding hydrogens is 300 g/mol. The van der Waals surface area contributed by atoms with Gasteiger partial charge in [-0.3, -0.25) is 0 Å². The molecule has 0 spiro atoms. The molecule has 0 bridgehead atoms. The van der Waals surface area contributed by atoms with E-state index in [9.17, 15) is 22.4 Å². The molecule has 114 valence electrons. The van der Waals surface area contributed by atoms with E-state index in [0.717, 1.165) is 24.3 Å². The van der Waals surface area contributed by atoms with Gasteiger partial charge in [0.1, 0.15) is 5.82 Å². The number of alkyl halides is 3. The van der Waals surface area contributed by atoms with Gasteiger partial charge in [0.25, 0.3) is 0 Å². The molecule has 0 radical (unpaired) electrons. The summed E-state index contributed by atoms with van der Waals surface area (Å²) < 4.78 is 58.8. The summed E-state index contributed by atoms with van der Waals surface area (Å²) in [6.45, 7) is 0. The molecule has 0 unspecified atom stereocenters. The van der Waals surface area contributed by atoms with Crippen molar-refractivity contribution < 1.29 is 27.1 Å². The van der Waals surface area contributed by atoms with Crippen molar-refractivity contribution in [3.8, 4) is 0 Å². The van der Waals surface area contributed by atoms with Crippen LogP contribution < -0.4 is 0 Å². The van der Waals surface area contributed by atoms with Crippen LogP contribution in [-0.4, -0.2) is 12.1 Å². The first kappa shape index (κ1) is 14.6. The highest BCUT2D eigenvalue weighted by Gasteiger charge is 2.61. The molecule has 1 heterocycles. The number of rotatable bonds is 1. The third kappa shape index (κ3) is 2.15. The van der Waals surface area contributed by atoms with Crippen LogP contribution in [0.1, 0.15) is 21.5 Å². The average Bonchev–Trinajstić information content (AvgIpc) is 2.46. The molecule has 0 N–H and O–H groups in total. The van der Waals surface area contributed by atoms with Crippen LogP contribution in [0.3, 0.4) is 0 Å². The van der Waals surface area contributed by atoms with Crippen molar-refractivity contribution in [3.63, 3.8) is 0 Å². The monoisotopic (exact) mass is 310 g/mol. The van der Waals surface area contributed by atoms with E-state index in [2.05, 4.69) is 0 Å². The highest BCUT2D eigenvalue weighted by molar-refractivity contribution is 5.92. The molecule has 0 saturated carbocycles. The minimum atomic E-state index is -4.83. The fraction of sp³-hybridized carbons (Fsp3) is 0.188. The number of esters is 1. The van der Waals surface area contributed by atoms with Gasteiger partial charge in [-0.25, -0.2) is 9.18 Å². The highest BCUT2D eigenvalue weighted by atomic mass is 19.4. The number of hydrogen-bond acceptors (Lipinski definition) is 2. The Hall–Kier alpha value is -2.37. The van der Waals surface area contributed by atoms with E-state index < -0.39 is 30.0 Å². The fourth-order valence-corrected chi connectivity index (χ4v) is 2.59. The van der Waals surface area contributed by atoms with Gasteiger partial charge < -0.3 is 4.74 Å². The molecule has 2 aromatic rings. The SMILES string of the molecule is O=C1O[C@@](c2ccc(F)cc2)(C(F)(F)F)Cc2ccccc21. The molecule has 22 heavy (non-hydrogen) atoms. The van der Waals surface area contributed by atoms with Gasteiger partial charge in [0.2, 0.25) is 5.60 Å². The maximum absolute atomic E-state index is 13.7. The van der Waals surface area contributed by atoms with E-state index in [4.69, 9.17) is 4.74 Å². The topological polar surface area (TPSA) is 26.3 Å². The largest absolute Gasteiger partial charge is 0.440 e. The molecule has 2 aromatic carbocycles. The summed E-state index contributed by atoms with van der Waals surface area (Å²) in [7, 11) is 0. The van der Waals surface area contributed by atoms with Crippen molar-refractivity contribution in [2.75, 3.05) is 0 Å². The van der Waals surface area contributed by atoms with E-state index in [1.807, 2.05) is 0 Å². The number of fused-ring (bicyclic) bond motifs is 1. The molecule has 0 aromatic heterocycles. The number of benzene rings is 2. The second-order valence-corrected chi connectivity index (χ2v) is 5.06. The third-order valence-electron chi connectivity index (χ3n) is 3.71. The lowest BCUT2D eigenvalue weighted by molar-refractivity contribution is -0.267. The second kappa shape index (κ2) is 4.83. The van der Waals surface area contributed by atoms with Crippen molar-refractivity contribution in [2.24, 2.45) is 0 Å². The number of carbonyl (C=O) groups is 1. The zero-order chi connectivity index (χ0) is 16.0. The summed E-state index contributed by atoms with van der Waals surface area (Å²) in [5.74, 6) is -1.70. The van der Waals surface area contributed by atoms with Gasteiger partial charge in [-0.1, -0.05) is 30.3 Å². The van der Waals surface area contributed by atoms with Crippen LogP contribution in [0.25, 0.3) is 0 Å². The first-order chi connectivity index (χ1) is 10.3. The Balaban J connectivity index is 2.18. The summed E-state index contributed by atoms with van der Waals surface area (Å²) in [4.78, 5) is 12.0. The summed E-state index contributed by atoms with van der Waals surface area (Å²) in [5.41, 5.74) is -2.74. The molecule has 1 atom stereocenters. The molecule has 0 saturated heterocycles. The molecule has 0 amide bonds. The Bertz CT molecular complexity index is 722. The molecule has 3 rings (SSSR count). The lowest BCUT2D eigenvalue weighted by atomic mass is 9.82. The number of cyclic esters (lactones) is 1. The zero-order valence-electron chi connectivity index (χ0n) is 11.2. The van der Waals surface area contributed by atoms with E-state index in [1.54, 1.807) is 12.1 Å². The Morgan fingerprint density at radius 2 is 1.64 bits per heavy atom. The van der Waals surface area contributed by atoms with Gasteiger partial charge in [0, 0.05) is 12.0 Å². The van der Waals surface area contributed by atoms with Crippen LogP contribution in [0.2, 0.25) is 0 Å². The van der Waals surface area contributed by atoms with Gasteiger partial charge in [0.15, 0.2) is 0 Å². The van der Waals surface area contributed by atoms with Gasteiger partial charge >= 0.3 is 12.1 Å². The number of hydrogen-bond donors (Lipinski definition) is 0. The Labute approximate surface area is 123 Å². The van der Waals surface area contributed by atoms with Crippen LogP contribution in [0.15, 0.2) is 48.5 Å². The lowest BCUT2D eigenvalue weighted by Gasteiger charge is -2.39. The first-order valence-electron chi connectivity index (χ1n) is 6.47. The maximum Gasteiger partial charge on any atom is 0.433 e. The lowest BCUT2D eigenvalue weighted by Crippen LogP contribution is -2.50. The van der Waals surface area contributed by atoms with Crippen LogP contribution >= 0.6 is 0 Å². The van der Waals surface area contributed by atoms with E-state index in [-0.39, 0.29) is 16.7 Å². The smallest absolute Gasteiger partial charge is 0.433 e. The summed E-state index contributed by atoms with van der Waals surface area (Å²) in [6.07, 6.45) is -5.36. The summed E-state index contributed by atoms with van der Waals surface area (Å²) >= 11 is 0. The fourth-order valence-electron chi connectivity index (χ4n) is 2.59. The minimum Gasteiger partial charge on any atom is -0.440 e. The Morgan fingerprint density at radius 3 is 2.27 bits per heavy atom. The van der Waals surface area contributed by atoms with Crippen molar-refractivity contribution in [1.82, 2.24) is 0 Å². The van der Waals surface area contributed by atoms with Gasteiger partial charge in [-0.15, -0.1) is 0 Å². The van der Waals surface area contributed by atoms with Crippen molar-refractivity contribution in [2.45, 2.75) is 18.2 Å². The van der Waals surface area contributed by atoms with E-state index in [0.29, 0.717) is 0 Å². The third-order valence-corrected chi connectivity index (χ3v) is 3.71. The number of carbonyl (C=O) groups excluding carboxylic acids is 1. The summed E-state index contributed by atoms with van der Waals surface area (Å²) in [5, 5.41) is 0. The maximum atomic E-state index is 13.7. The molecule has 0 aliphatic carbocycles. The normalized spacial score (nSPS) is 21.2. The van der Waals surface area contributed by atoms with E-state index >= 15 is 0 Å². The molecule has 1 aliphatic heterocycles. The molecule has 2 nitrogen and oxygen atoms in total. The van der Waals surface area contributed by atoms with E-state index in [1.165, 1.54) is 12.1 Å². The average molecular weight is 310 g/mol. The van der Waals surface area contributed by atoms with Crippen molar-refractivity contribution in [3.05, 3.63) is 71.0 Å². The first-order valence-corrected chi connectivity index (χ1v) is 6.47. The van der Waals surface area contributed by atoms with Gasteiger partial charge in [-0.05, 0) is 23.8 Å². The van der Waals surface area contributed by atoms with Crippen LogP contribution in [-0.2, 0) is 16.8 Å². The van der Waals surface area contributed by atoms with Gasteiger partial charge in [0.05, 0.1) is 5.56 Å². The molecule has 0 fully saturated rings. The van der Waals surface area contributed by atoms with Crippen molar-refractivity contribution >= 4 is 5.97 Å². The molecule has 6 heteroatoms. The summed E-state index contributed by atoms with van der Waals surface area (Å²) in [6, 6.07) is 9.80. The second-order valence-electron chi connectivity index (χ2n) is 5.06. The van der Waals surface area contributed by atoms with Crippen LogP contribution in [0.4, 0.5) is 17.6 Å². The van der Waals surface area contributed by atoms with Gasteiger partial charge in [-0.2, -0.15) is 13.2 Å². The number of halogens is 4. The predicted octanol–water partition coefficient (Wildman–Crippen LogP) is 4.00. The number of ether oxygens (including phenoxy) is 1. The molecule has 1 aliphatic rings. The van der Waals surface area contributed by atoms with Crippen LogP contribution in [0, 0.1) is 5.82 Å². The van der Waals surface area contributed by atoms with Crippen LogP contribution in [0.5, 0.6) is 0 Å². The predicted molar refractivity (Wildman–Crippen MR) is 69.7 cm³/mol. The highest BCUT2D eigenvalue weighted by Crippen LogP contribution is 2.47. The Kier molecular flexibility index (Phi) is 3.20. The standard InChI is InChI=1S/C16H10F4O2/c17-12-7-5-11(6-8-12)15(16(18,19)20)9-10-3-1-2-4-13(10)14(21)22-15/h1-8H,9H2/t15-/m0/s1. The quantitative estimate of drug-likeness (QED) is 0.588. The minimum absolute atomic E-state index is 0.115. The van der Waals surface area contributed by atoms with Crippen molar-refractivity contribution in [1.29, 1.82) is 0 Å². The molecular formula is C16H10F4O2.